The average molecular weight is 370 g/mol. The van der Waals surface area contributed by atoms with Gasteiger partial charge in [0, 0.05) is 11.4 Å². The average Bonchev–Trinajstić information content (AvgIpc) is 2.66. The quantitative estimate of drug-likeness (QED) is 0.759. The van der Waals surface area contributed by atoms with E-state index in [1.165, 1.54) is 0 Å². The van der Waals surface area contributed by atoms with Crippen LogP contribution in [0.25, 0.3) is 0 Å². The number of hydrogen-bond donors (Lipinski definition) is 0. The number of para-hydroxylation sites is 2. The molecule has 0 spiro atoms. The van der Waals surface area contributed by atoms with E-state index in [0.717, 1.165) is 10.6 Å². The molecule has 26 heavy (non-hydrogen) atoms. The fourth-order valence-electron chi connectivity index (χ4n) is 3.09. The van der Waals surface area contributed by atoms with Crippen molar-refractivity contribution in [1.29, 1.82) is 0 Å². The Hall–Kier alpha value is -2.47. The number of benzene rings is 2. The van der Waals surface area contributed by atoms with Gasteiger partial charge in [0.1, 0.15) is 12.3 Å². The molecule has 0 N–H and O–H groups in total. The predicted molar refractivity (Wildman–Crippen MR) is 104 cm³/mol. The highest BCUT2D eigenvalue weighted by atomic mass is 32.2. The number of carbonyl (C=O) groups excluding carboxylic acids is 2. The van der Waals surface area contributed by atoms with Gasteiger partial charge < -0.3 is 14.5 Å². The molecule has 1 atom stereocenters. The summed E-state index contributed by atoms with van der Waals surface area (Å²) in [4.78, 5) is 29.6. The van der Waals surface area contributed by atoms with Crippen molar-refractivity contribution in [3.8, 4) is 5.75 Å². The molecular weight excluding hydrogens is 348 g/mol. The molecule has 0 aromatic heterocycles. The summed E-state index contributed by atoms with van der Waals surface area (Å²) in [6, 6.07) is 17.0. The molecule has 6 heteroatoms. The largest absolute Gasteiger partial charge is 0.484 e. The van der Waals surface area contributed by atoms with E-state index in [1.807, 2.05) is 55.6 Å². The monoisotopic (exact) mass is 370 g/mol. The molecule has 2 aromatic carbocycles. The standard InChI is InChI=1S/C20H22N2O3S/c1-15-12-21(20(24)14-25-16-8-4-3-5-9-16)13-19(23)22(15)17-10-6-7-11-18(17)26-2/h3-11,15H,12-14H2,1-2H3/t15-/m1/s1. The van der Waals surface area contributed by atoms with Crippen molar-refractivity contribution in [2.45, 2.75) is 17.9 Å². The Balaban J connectivity index is 1.66. The summed E-state index contributed by atoms with van der Waals surface area (Å²) in [6.07, 6.45) is 1.99. The summed E-state index contributed by atoms with van der Waals surface area (Å²) in [5, 5.41) is 0. The number of ether oxygens (including phenoxy) is 1. The number of nitrogens with zero attached hydrogens (tertiary/aromatic N) is 2. The lowest BCUT2D eigenvalue weighted by atomic mass is 10.1. The van der Waals surface area contributed by atoms with Crippen molar-refractivity contribution in [2.24, 2.45) is 0 Å². The molecule has 136 valence electrons. The second-order valence-electron chi connectivity index (χ2n) is 6.16. The first kappa shape index (κ1) is 18.3. The second kappa shape index (κ2) is 8.27. The maximum atomic E-state index is 12.7. The zero-order valence-electron chi connectivity index (χ0n) is 14.9. The van der Waals surface area contributed by atoms with E-state index in [9.17, 15) is 9.59 Å². The summed E-state index contributed by atoms with van der Waals surface area (Å²) in [5.74, 6) is 0.401. The van der Waals surface area contributed by atoms with Crippen LogP contribution in [0.4, 0.5) is 5.69 Å². The van der Waals surface area contributed by atoms with E-state index >= 15 is 0 Å². The molecule has 0 radical (unpaired) electrons. The lowest BCUT2D eigenvalue weighted by Crippen LogP contribution is -2.58. The Morgan fingerprint density at radius 3 is 2.54 bits per heavy atom. The van der Waals surface area contributed by atoms with Gasteiger partial charge in [0.25, 0.3) is 5.91 Å². The Morgan fingerprint density at radius 2 is 1.85 bits per heavy atom. The lowest BCUT2D eigenvalue weighted by Gasteiger charge is -2.40. The van der Waals surface area contributed by atoms with E-state index in [1.54, 1.807) is 33.7 Å². The van der Waals surface area contributed by atoms with Crippen LogP contribution in [0.5, 0.6) is 5.75 Å². The maximum Gasteiger partial charge on any atom is 0.261 e. The highest BCUT2D eigenvalue weighted by Crippen LogP contribution is 2.31. The topological polar surface area (TPSA) is 49.9 Å². The van der Waals surface area contributed by atoms with Crippen LogP contribution in [-0.4, -0.2) is 48.7 Å². The molecule has 2 amide bonds. The van der Waals surface area contributed by atoms with E-state index in [0.29, 0.717) is 12.3 Å². The Bertz CT molecular complexity index is 782. The Kier molecular flexibility index (Phi) is 5.83. The predicted octanol–water partition coefficient (Wildman–Crippen LogP) is 3.05. The van der Waals surface area contributed by atoms with Gasteiger partial charge in [-0.2, -0.15) is 0 Å². The van der Waals surface area contributed by atoms with Gasteiger partial charge in [-0.3, -0.25) is 9.59 Å². The molecule has 3 rings (SSSR count). The van der Waals surface area contributed by atoms with Crippen LogP contribution in [0, 0.1) is 0 Å². The van der Waals surface area contributed by atoms with Gasteiger partial charge in [-0.05, 0) is 37.4 Å². The highest BCUT2D eigenvalue weighted by molar-refractivity contribution is 7.98. The third-order valence-electron chi connectivity index (χ3n) is 4.32. The van der Waals surface area contributed by atoms with Gasteiger partial charge >= 0.3 is 0 Å². The van der Waals surface area contributed by atoms with Crippen molar-refractivity contribution in [1.82, 2.24) is 4.90 Å². The molecular formula is C20H22N2O3S. The van der Waals surface area contributed by atoms with Gasteiger partial charge in [0.2, 0.25) is 5.91 Å². The number of anilines is 1. The SMILES string of the molecule is CSc1ccccc1N1C(=O)CN(C(=O)COc2ccccc2)C[C@H]1C. The van der Waals surface area contributed by atoms with Gasteiger partial charge in [-0.15, -0.1) is 11.8 Å². The summed E-state index contributed by atoms with van der Waals surface area (Å²) in [7, 11) is 0. The Labute approximate surface area is 157 Å². The fourth-order valence-corrected chi connectivity index (χ4v) is 3.68. The normalized spacial score (nSPS) is 17.3. The number of rotatable bonds is 5. The van der Waals surface area contributed by atoms with Crippen LogP contribution >= 0.6 is 11.8 Å². The molecule has 5 nitrogen and oxygen atoms in total. The van der Waals surface area contributed by atoms with Crippen LogP contribution in [0.1, 0.15) is 6.92 Å². The lowest BCUT2D eigenvalue weighted by molar-refractivity contribution is -0.139. The van der Waals surface area contributed by atoms with Crippen molar-refractivity contribution in [3.63, 3.8) is 0 Å². The molecule has 0 aliphatic carbocycles. The minimum Gasteiger partial charge on any atom is -0.484 e. The molecule has 1 fully saturated rings. The van der Waals surface area contributed by atoms with Gasteiger partial charge in [0.05, 0.1) is 11.7 Å². The van der Waals surface area contributed by atoms with Gasteiger partial charge in [0.15, 0.2) is 6.61 Å². The number of amides is 2. The number of piperazine rings is 1. The number of thioether (sulfide) groups is 1. The van der Waals surface area contributed by atoms with Gasteiger partial charge in [-0.1, -0.05) is 30.3 Å². The molecule has 1 aliphatic rings. The summed E-state index contributed by atoms with van der Waals surface area (Å²) in [6.45, 7) is 2.47. The highest BCUT2D eigenvalue weighted by Gasteiger charge is 2.34. The maximum absolute atomic E-state index is 12.7. The van der Waals surface area contributed by atoms with E-state index in [-0.39, 0.29) is 31.0 Å². The minimum absolute atomic E-state index is 0.0641. The third-order valence-corrected chi connectivity index (χ3v) is 5.11. The van der Waals surface area contributed by atoms with Gasteiger partial charge in [-0.25, -0.2) is 0 Å². The second-order valence-corrected chi connectivity index (χ2v) is 7.01. The minimum atomic E-state index is -0.174. The number of carbonyl (C=O) groups is 2. The smallest absolute Gasteiger partial charge is 0.261 e. The molecule has 0 saturated carbocycles. The van der Waals surface area contributed by atoms with Crippen molar-refractivity contribution < 1.29 is 14.3 Å². The molecule has 0 bridgehead atoms. The van der Waals surface area contributed by atoms with Crippen molar-refractivity contribution in [2.75, 3.05) is 30.9 Å². The zero-order chi connectivity index (χ0) is 18.5. The van der Waals surface area contributed by atoms with E-state index in [4.69, 9.17) is 4.74 Å². The first-order valence-electron chi connectivity index (χ1n) is 8.51. The third kappa shape index (κ3) is 4.02. The summed E-state index contributed by atoms with van der Waals surface area (Å²) in [5.41, 5.74) is 0.908. The molecule has 1 saturated heterocycles. The molecule has 0 unspecified atom stereocenters. The fraction of sp³-hybridized carbons (Fsp3) is 0.300. The first-order chi connectivity index (χ1) is 12.6. The van der Waals surface area contributed by atoms with Crippen LogP contribution in [-0.2, 0) is 9.59 Å². The Morgan fingerprint density at radius 1 is 1.15 bits per heavy atom. The van der Waals surface area contributed by atoms with E-state index in [2.05, 4.69) is 0 Å². The summed E-state index contributed by atoms with van der Waals surface area (Å²) < 4.78 is 5.52. The van der Waals surface area contributed by atoms with Crippen LogP contribution in [0.3, 0.4) is 0 Å². The van der Waals surface area contributed by atoms with E-state index < -0.39 is 0 Å². The molecule has 2 aromatic rings. The molecule has 1 aliphatic heterocycles. The number of hydrogen-bond acceptors (Lipinski definition) is 4. The first-order valence-corrected chi connectivity index (χ1v) is 9.73. The van der Waals surface area contributed by atoms with Crippen LogP contribution < -0.4 is 9.64 Å². The summed E-state index contributed by atoms with van der Waals surface area (Å²) >= 11 is 1.61. The zero-order valence-corrected chi connectivity index (χ0v) is 15.7. The molecule has 1 heterocycles. The van der Waals surface area contributed by atoms with Crippen molar-refractivity contribution >= 4 is 29.3 Å². The van der Waals surface area contributed by atoms with Crippen LogP contribution in [0.2, 0.25) is 0 Å². The van der Waals surface area contributed by atoms with Crippen molar-refractivity contribution in [3.05, 3.63) is 54.6 Å². The van der Waals surface area contributed by atoms with Crippen LogP contribution in [0.15, 0.2) is 59.5 Å².